The van der Waals surface area contributed by atoms with Gasteiger partial charge in [0.2, 0.25) is 0 Å². The monoisotopic (exact) mass is 252 g/mol. The van der Waals surface area contributed by atoms with Crippen LogP contribution < -0.4 is 5.32 Å². The van der Waals surface area contributed by atoms with Gasteiger partial charge in [-0.15, -0.1) is 12.3 Å². The van der Waals surface area contributed by atoms with Gasteiger partial charge in [0.15, 0.2) is 0 Å². The summed E-state index contributed by atoms with van der Waals surface area (Å²) in [4.78, 5) is 26.2. The van der Waals surface area contributed by atoms with Crippen LogP contribution in [0.1, 0.15) is 16.9 Å². The molecule has 1 aromatic heterocycles. The van der Waals surface area contributed by atoms with E-state index in [4.69, 9.17) is 23.1 Å². The number of pyridine rings is 1. The Balaban J connectivity index is 2.78. The molecule has 0 radical (unpaired) electrons. The Morgan fingerprint density at radius 1 is 1.65 bits per heavy atom. The van der Waals surface area contributed by atoms with Crippen molar-refractivity contribution in [3.8, 4) is 12.3 Å². The molecule has 6 heteroatoms. The lowest BCUT2D eigenvalue weighted by Crippen LogP contribution is -2.40. The summed E-state index contributed by atoms with van der Waals surface area (Å²) in [6.45, 7) is 0. The lowest BCUT2D eigenvalue weighted by molar-refractivity contribution is -0.139. The predicted molar refractivity (Wildman–Crippen MR) is 61.6 cm³/mol. The smallest absolute Gasteiger partial charge is 0.327 e. The summed E-state index contributed by atoms with van der Waals surface area (Å²) in [6, 6.07) is 1.72. The largest absolute Gasteiger partial charge is 0.480 e. The number of hydrogen-bond acceptors (Lipinski definition) is 3. The van der Waals surface area contributed by atoms with Gasteiger partial charge in [0.05, 0.1) is 0 Å². The first-order valence-electron chi connectivity index (χ1n) is 4.63. The third-order valence-electron chi connectivity index (χ3n) is 1.88. The molecule has 1 amide bonds. The Kier molecular flexibility index (Phi) is 4.49. The fraction of sp³-hybridized carbons (Fsp3) is 0.182. The number of hydrogen-bond donors (Lipinski definition) is 2. The highest BCUT2D eigenvalue weighted by molar-refractivity contribution is 6.30. The summed E-state index contributed by atoms with van der Waals surface area (Å²) in [5.41, 5.74) is 0.0424. The van der Waals surface area contributed by atoms with Crippen molar-refractivity contribution in [3.63, 3.8) is 0 Å². The number of aromatic nitrogens is 1. The first-order valence-corrected chi connectivity index (χ1v) is 5.01. The summed E-state index contributed by atoms with van der Waals surface area (Å²) in [5.74, 6) is 0.350. The molecule has 2 N–H and O–H groups in total. The van der Waals surface area contributed by atoms with Gasteiger partial charge < -0.3 is 10.4 Å². The van der Waals surface area contributed by atoms with Gasteiger partial charge in [0, 0.05) is 17.6 Å². The lowest BCUT2D eigenvalue weighted by atomic mass is 10.2. The van der Waals surface area contributed by atoms with E-state index in [-0.39, 0.29) is 12.1 Å². The minimum atomic E-state index is -1.20. The highest BCUT2D eigenvalue weighted by Gasteiger charge is 2.20. The zero-order valence-electron chi connectivity index (χ0n) is 8.68. The molecule has 1 unspecified atom stereocenters. The zero-order chi connectivity index (χ0) is 12.8. The van der Waals surface area contributed by atoms with Gasteiger partial charge in [0.1, 0.15) is 11.7 Å². The Hall–Kier alpha value is -2.06. The Morgan fingerprint density at radius 2 is 2.35 bits per heavy atom. The van der Waals surface area contributed by atoms with Crippen LogP contribution in [0.25, 0.3) is 0 Å². The van der Waals surface area contributed by atoms with E-state index < -0.39 is 17.9 Å². The molecule has 0 aliphatic carbocycles. The maximum absolute atomic E-state index is 11.6. The molecule has 0 bridgehead atoms. The van der Waals surface area contributed by atoms with Crippen molar-refractivity contribution >= 4 is 23.5 Å². The van der Waals surface area contributed by atoms with E-state index in [2.05, 4.69) is 16.2 Å². The van der Waals surface area contributed by atoms with Crippen LogP contribution in [0.2, 0.25) is 5.02 Å². The molecular weight excluding hydrogens is 244 g/mol. The topological polar surface area (TPSA) is 79.3 Å². The molecule has 88 valence electrons. The van der Waals surface area contributed by atoms with Crippen molar-refractivity contribution in [3.05, 3.63) is 29.0 Å². The third kappa shape index (κ3) is 3.78. The van der Waals surface area contributed by atoms with Crippen LogP contribution in [-0.2, 0) is 4.79 Å². The molecule has 0 fully saturated rings. The van der Waals surface area contributed by atoms with E-state index in [1.54, 1.807) is 0 Å². The molecule has 1 rings (SSSR count). The predicted octanol–water partition coefficient (Wildman–Crippen LogP) is 0.941. The van der Waals surface area contributed by atoms with E-state index in [0.717, 1.165) is 0 Å². The van der Waals surface area contributed by atoms with Crippen LogP contribution in [0.4, 0.5) is 0 Å². The molecule has 0 aliphatic rings. The second kappa shape index (κ2) is 5.87. The van der Waals surface area contributed by atoms with Crippen molar-refractivity contribution in [2.75, 3.05) is 0 Å². The second-order valence-corrected chi connectivity index (χ2v) is 3.57. The second-order valence-electron chi connectivity index (χ2n) is 3.13. The number of carboxylic acid groups (broad SMARTS) is 1. The molecule has 0 spiro atoms. The molecule has 5 nitrogen and oxygen atoms in total. The minimum absolute atomic E-state index is 0.0424. The van der Waals surface area contributed by atoms with Crippen LogP contribution in [0.5, 0.6) is 0 Å². The van der Waals surface area contributed by atoms with Crippen molar-refractivity contribution < 1.29 is 14.7 Å². The SMILES string of the molecule is C#CCC(NC(=O)c1cc(Cl)ccn1)C(=O)O. The number of carbonyl (C=O) groups excluding carboxylic acids is 1. The minimum Gasteiger partial charge on any atom is -0.480 e. The highest BCUT2D eigenvalue weighted by Crippen LogP contribution is 2.08. The summed E-state index contributed by atoms with van der Waals surface area (Å²) in [6.07, 6.45) is 6.26. The van der Waals surface area contributed by atoms with Crippen molar-refractivity contribution in [2.45, 2.75) is 12.5 Å². The van der Waals surface area contributed by atoms with Gasteiger partial charge >= 0.3 is 5.97 Å². The first-order chi connectivity index (χ1) is 8.04. The standard InChI is InChI=1S/C11H9ClN2O3/c1-2-3-8(11(16)17)14-10(15)9-6-7(12)4-5-13-9/h1,4-6,8H,3H2,(H,14,15)(H,16,17). The quantitative estimate of drug-likeness (QED) is 0.782. The molecule has 1 aromatic rings. The first kappa shape index (κ1) is 13.0. The van der Waals surface area contributed by atoms with Gasteiger partial charge in [-0.3, -0.25) is 9.78 Å². The number of terminal acetylenes is 1. The average molecular weight is 253 g/mol. The number of carboxylic acids is 1. The molecule has 0 saturated carbocycles. The fourth-order valence-corrected chi connectivity index (χ4v) is 1.24. The number of carbonyl (C=O) groups is 2. The molecule has 0 saturated heterocycles. The van der Waals surface area contributed by atoms with Crippen LogP contribution in [0.3, 0.4) is 0 Å². The number of aliphatic carboxylic acids is 1. The highest BCUT2D eigenvalue weighted by atomic mass is 35.5. The molecule has 1 heterocycles. The van der Waals surface area contributed by atoms with E-state index in [1.807, 2.05) is 0 Å². The lowest BCUT2D eigenvalue weighted by Gasteiger charge is -2.11. The number of halogens is 1. The Labute approximate surface area is 103 Å². The van der Waals surface area contributed by atoms with E-state index in [0.29, 0.717) is 5.02 Å². The molecular formula is C11H9ClN2O3. The normalized spacial score (nSPS) is 11.3. The van der Waals surface area contributed by atoms with Gasteiger partial charge in [-0.25, -0.2) is 4.79 Å². The number of rotatable bonds is 4. The number of nitrogens with one attached hydrogen (secondary N) is 1. The maximum Gasteiger partial charge on any atom is 0.327 e. The number of amides is 1. The van der Waals surface area contributed by atoms with Crippen LogP contribution in [0, 0.1) is 12.3 Å². The van der Waals surface area contributed by atoms with Crippen LogP contribution in [0.15, 0.2) is 18.3 Å². The van der Waals surface area contributed by atoms with Crippen LogP contribution in [-0.4, -0.2) is 28.0 Å². The van der Waals surface area contributed by atoms with E-state index >= 15 is 0 Å². The molecule has 0 aromatic carbocycles. The zero-order valence-corrected chi connectivity index (χ0v) is 9.44. The van der Waals surface area contributed by atoms with Crippen molar-refractivity contribution in [1.29, 1.82) is 0 Å². The van der Waals surface area contributed by atoms with E-state index in [1.165, 1.54) is 18.3 Å². The average Bonchev–Trinajstić information content (AvgIpc) is 2.28. The van der Waals surface area contributed by atoms with Crippen molar-refractivity contribution in [1.82, 2.24) is 10.3 Å². The summed E-state index contributed by atoms with van der Waals surface area (Å²) >= 11 is 5.68. The van der Waals surface area contributed by atoms with E-state index in [9.17, 15) is 9.59 Å². The van der Waals surface area contributed by atoms with Gasteiger partial charge in [-0.05, 0) is 12.1 Å². The third-order valence-corrected chi connectivity index (χ3v) is 2.12. The van der Waals surface area contributed by atoms with Crippen LogP contribution >= 0.6 is 11.6 Å². The van der Waals surface area contributed by atoms with Gasteiger partial charge in [-0.1, -0.05) is 11.6 Å². The number of nitrogens with zero attached hydrogens (tertiary/aromatic N) is 1. The Morgan fingerprint density at radius 3 is 2.88 bits per heavy atom. The molecule has 17 heavy (non-hydrogen) atoms. The van der Waals surface area contributed by atoms with Gasteiger partial charge in [0.25, 0.3) is 5.91 Å². The summed E-state index contributed by atoms with van der Waals surface area (Å²) < 4.78 is 0. The van der Waals surface area contributed by atoms with Gasteiger partial charge in [-0.2, -0.15) is 0 Å². The maximum atomic E-state index is 11.6. The molecule has 0 aliphatic heterocycles. The fourth-order valence-electron chi connectivity index (χ4n) is 1.08. The summed E-state index contributed by atoms with van der Waals surface area (Å²) in [5, 5.41) is 11.4. The summed E-state index contributed by atoms with van der Waals surface area (Å²) in [7, 11) is 0. The molecule has 1 atom stereocenters. The van der Waals surface area contributed by atoms with Crippen molar-refractivity contribution in [2.24, 2.45) is 0 Å². The Bertz CT molecular complexity index is 482.